The van der Waals surface area contributed by atoms with Crippen molar-refractivity contribution in [2.24, 2.45) is 4.99 Å². The zero-order valence-corrected chi connectivity index (χ0v) is 18.4. The van der Waals surface area contributed by atoms with Gasteiger partial charge in [0.15, 0.2) is 5.96 Å². The van der Waals surface area contributed by atoms with Crippen molar-refractivity contribution in [3.63, 3.8) is 0 Å². The molecule has 0 amide bonds. The van der Waals surface area contributed by atoms with E-state index in [0.717, 1.165) is 84.5 Å². The molecule has 0 aromatic heterocycles. The lowest BCUT2D eigenvalue weighted by atomic mass is 9.89. The molecule has 2 aliphatic heterocycles. The molecular weight excluding hydrogens is 433 g/mol. The number of ether oxygens (including phenoxy) is 2. The van der Waals surface area contributed by atoms with Gasteiger partial charge in [-0.3, -0.25) is 9.89 Å². The van der Waals surface area contributed by atoms with Crippen molar-refractivity contribution >= 4 is 29.9 Å². The van der Waals surface area contributed by atoms with Crippen LogP contribution in [0.5, 0.6) is 0 Å². The summed E-state index contributed by atoms with van der Waals surface area (Å²) < 4.78 is 10.9. The third-order valence-corrected chi connectivity index (χ3v) is 5.07. The van der Waals surface area contributed by atoms with Crippen LogP contribution in [0, 0.1) is 0 Å². The molecule has 2 aliphatic rings. The summed E-state index contributed by atoms with van der Waals surface area (Å²) >= 11 is 0. The quantitative estimate of drug-likeness (QED) is 0.324. The highest BCUT2D eigenvalue weighted by Crippen LogP contribution is 2.26. The minimum atomic E-state index is 0. The van der Waals surface area contributed by atoms with Crippen LogP contribution in [0.15, 0.2) is 4.99 Å². The molecule has 0 aliphatic carbocycles. The van der Waals surface area contributed by atoms with Gasteiger partial charge in [0.05, 0.1) is 19.8 Å². The number of nitrogens with zero attached hydrogens (tertiary/aromatic N) is 3. The molecule has 0 aromatic carbocycles. The van der Waals surface area contributed by atoms with E-state index in [9.17, 15) is 0 Å². The van der Waals surface area contributed by atoms with Crippen LogP contribution in [-0.4, -0.2) is 101 Å². The Bertz CT molecular complexity index is 383. The van der Waals surface area contributed by atoms with E-state index in [1.807, 2.05) is 0 Å². The molecule has 0 saturated carbocycles. The second-order valence-corrected chi connectivity index (χ2v) is 6.81. The number of guanidine groups is 1. The first-order valence-electron chi connectivity index (χ1n) is 9.24. The van der Waals surface area contributed by atoms with E-state index >= 15 is 0 Å². The Morgan fingerprint density at radius 2 is 1.72 bits per heavy atom. The Morgan fingerprint density at radius 1 is 1.08 bits per heavy atom. The van der Waals surface area contributed by atoms with Crippen molar-refractivity contribution in [2.45, 2.75) is 25.3 Å². The van der Waals surface area contributed by atoms with E-state index in [-0.39, 0.29) is 29.5 Å². The standard InChI is InChI=1S/C17H35N5O2.HI/c1-4-18-16(19-7-8-22-9-13-24-14-10-22)20-15-17(21(2)3)5-11-23-12-6-17;/h4-15H2,1-3H3,(H2,18,19,20);1H. The Hall–Kier alpha value is -0.160. The van der Waals surface area contributed by atoms with E-state index in [1.165, 1.54) is 0 Å². The fourth-order valence-corrected chi connectivity index (χ4v) is 3.22. The van der Waals surface area contributed by atoms with E-state index in [4.69, 9.17) is 14.5 Å². The molecule has 0 bridgehead atoms. The van der Waals surface area contributed by atoms with Crippen LogP contribution < -0.4 is 10.6 Å². The number of morpholine rings is 1. The number of nitrogens with one attached hydrogen (secondary N) is 2. The normalized spacial score (nSPS) is 21.7. The van der Waals surface area contributed by atoms with Gasteiger partial charge in [-0.05, 0) is 33.9 Å². The summed E-state index contributed by atoms with van der Waals surface area (Å²) in [5.74, 6) is 0.915. The molecule has 7 nitrogen and oxygen atoms in total. The maximum atomic E-state index is 5.54. The molecule has 8 heteroatoms. The molecule has 2 heterocycles. The Kier molecular flexibility index (Phi) is 11.2. The van der Waals surface area contributed by atoms with Crippen LogP contribution in [0.4, 0.5) is 0 Å². The van der Waals surface area contributed by atoms with Gasteiger partial charge in [-0.15, -0.1) is 24.0 Å². The van der Waals surface area contributed by atoms with Crippen molar-refractivity contribution in [3.05, 3.63) is 0 Å². The van der Waals surface area contributed by atoms with Crippen LogP contribution in [0.25, 0.3) is 0 Å². The lowest BCUT2D eigenvalue weighted by molar-refractivity contribution is -0.00255. The van der Waals surface area contributed by atoms with Crippen LogP contribution in [0.2, 0.25) is 0 Å². The minimum absolute atomic E-state index is 0. The highest BCUT2D eigenvalue weighted by Gasteiger charge is 2.34. The SMILES string of the molecule is CCNC(=NCC1(N(C)C)CCOCC1)NCCN1CCOCC1.I. The fraction of sp³-hybridized carbons (Fsp3) is 0.941. The highest BCUT2D eigenvalue weighted by atomic mass is 127. The van der Waals surface area contributed by atoms with Crippen molar-refractivity contribution in [1.82, 2.24) is 20.4 Å². The van der Waals surface area contributed by atoms with E-state index < -0.39 is 0 Å². The molecule has 2 saturated heterocycles. The molecule has 2 fully saturated rings. The van der Waals surface area contributed by atoms with Gasteiger partial charge in [-0.25, -0.2) is 0 Å². The lowest BCUT2D eigenvalue weighted by Crippen LogP contribution is -2.52. The van der Waals surface area contributed by atoms with Gasteiger partial charge in [0, 0.05) is 51.5 Å². The summed E-state index contributed by atoms with van der Waals surface area (Å²) in [7, 11) is 4.30. The van der Waals surface area contributed by atoms with Gasteiger partial charge in [-0.1, -0.05) is 0 Å². The maximum Gasteiger partial charge on any atom is 0.191 e. The average molecular weight is 469 g/mol. The number of hydrogen-bond donors (Lipinski definition) is 2. The lowest BCUT2D eigenvalue weighted by Gasteiger charge is -2.41. The zero-order valence-electron chi connectivity index (χ0n) is 16.1. The molecule has 0 aromatic rings. The molecule has 148 valence electrons. The summed E-state index contributed by atoms with van der Waals surface area (Å²) in [4.78, 5) is 9.61. The molecule has 25 heavy (non-hydrogen) atoms. The fourth-order valence-electron chi connectivity index (χ4n) is 3.22. The van der Waals surface area contributed by atoms with Crippen LogP contribution in [0.3, 0.4) is 0 Å². The molecule has 0 spiro atoms. The van der Waals surface area contributed by atoms with Crippen molar-refractivity contribution in [2.75, 3.05) is 79.8 Å². The number of aliphatic imine (C=N–C) groups is 1. The van der Waals surface area contributed by atoms with E-state index in [1.54, 1.807) is 0 Å². The number of rotatable bonds is 7. The van der Waals surface area contributed by atoms with E-state index in [0.29, 0.717) is 0 Å². The van der Waals surface area contributed by atoms with Gasteiger partial charge >= 0.3 is 0 Å². The molecule has 0 unspecified atom stereocenters. The van der Waals surface area contributed by atoms with Crippen LogP contribution in [0.1, 0.15) is 19.8 Å². The van der Waals surface area contributed by atoms with Gasteiger partial charge in [0.25, 0.3) is 0 Å². The van der Waals surface area contributed by atoms with Crippen molar-refractivity contribution < 1.29 is 9.47 Å². The van der Waals surface area contributed by atoms with E-state index in [2.05, 4.69) is 41.5 Å². The highest BCUT2D eigenvalue weighted by molar-refractivity contribution is 14.0. The first-order valence-corrected chi connectivity index (χ1v) is 9.24. The van der Waals surface area contributed by atoms with Gasteiger partial charge in [-0.2, -0.15) is 0 Å². The topological polar surface area (TPSA) is 61.4 Å². The van der Waals surface area contributed by atoms with Crippen molar-refractivity contribution in [1.29, 1.82) is 0 Å². The largest absolute Gasteiger partial charge is 0.381 e. The zero-order chi connectivity index (χ0) is 17.3. The molecule has 2 N–H and O–H groups in total. The smallest absolute Gasteiger partial charge is 0.191 e. The summed E-state index contributed by atoms with van der Waals surface area (Å²) in [5.41, 5.74) is 0.116. The van der Waals surface area contributed by atoms with Gasteiger partial charge < -0.3 is 25.0 Å². The first-order chi connectivity index (χ1) is 11.7. The second-order valence-electron chi connectivity index (χ2n) is 6.81. The number of likely N-dealkylation sites (N-methyl/N-ethyl adjacent to an activating group) is 1. The Balaban J connectivity index is 0.00000312. The second kappa shape index (κ2) is 12.3. The van der Waals surface area contributed by atoms with Gasteiger partial charge in [0.2, 0.25) is 0 Å². The third-order valence-electron chi connectivity index (χ3n) is 5.07. The number of halogens is 1. The first kappa shape index (κ1) is 22.9. The van der Waals surface area contributed by atoms with Gasteiger partial charge in [0.1, 0.15) is 0 Å². The summed E-state index contributed by atoms with van der Waals surface area (Å²) in [6, 6.07) is 0. The molecule has 2 rings (SSSR count). The number of hydrogen-bond acceptors (Lipinski definition) is 5. The van der Waals surface area contributed by atoms with Crippen LogP contribution >= 0.6 is 24.0 Å². The predicted octanol–water partition coefficient (Wildman–Crippen LogP) is 0.603. The minimum Gasteiger partial charge on any atom is -0.381 e. The molecule has 0 atom stereocenters. The molecule has 0 radical (unpaired) electrons. The third kappa shape index (κ3) is 7.54. The van der Waals surface area contributed by atoms with Crippen molar-refractivity contribution in [3.8, 4) is 0 Å². The maximum absolute atomic E-state index is 5.54. The summed E-state index contributed by atoms with van der Waals surface area (Å²) in [6.45, 7) is 11.1. The Labute approximate surface area is 169 Å². The van der Waals surface area contributed by atoms with Crippen LogP contribution in [-0.2, 0) is 9.47 Å². The predicted molar refractivity (Wildman–Crippen MR) is 113 cm³/mol. The summed E-state index contributed by atoms with van der Waals surface area (Å²) in [5, 5.41) is 6.83. The molecular formula is C17H36IN5O2. The average Bonchev–Trinajstić information content (AvgIpc) is 2.61. The Morgan fingerprint density at radius 3 is 2.32 bits per heavy atom. The summed E-state index contributed by atoms with van der Waals surface area (Å²) in [6.07, 6.45) is 2.08. The monoisotopic (exact) mass is 469 g/mol.